The minimum Gasteiger partial charge on any atom is -0.379 e. The van der Waals surface area contributed by atoms with E-state index in [4.69, 9.17) is 9.47 Å². The molecule has 8 nitrogen and oxygen atoms in total. The Balaban J connectivity index is 1.13. The smallest absolute Gasteiger partial charge is 0.246 e. The molecule has 9 atom stereocenters. The molecule has 0 spiro atoms. The van der Waals surface area contributed by atoms with E-state index in [0.717, 1.165) is 58.5 Å². The average molecular weight is 530 g/mol. The van der Waals surface area contributed by atoms with Crippen molar-refractivity contribution in [3.8, 4) is 0 Å². The third-order valence-corrected chi connectivity index (χ3v) is 10.9. The normalized spacial score (nSPS) is 40.7. The number of allylic oxidation sites excluding steroid dienone is 1. The van der Waals surface area contributed by atoms with Gasteiger partial charge in [-0.2, -0.15) is 0 Å². The number of morpholine rings is 1. The molecule has 0 bridgehead atoms. The fourth-order valence-electron chi connectivity index (χ4n) is 9.46. The number of rotatable bonds is 8. The number of hydrogen-bond acceptors (Lipinski definition) is 5. The summed E-state index contributed by atoms with van der Waals surface area (Å²) in [4.78, 5) is 31.4. The number of nitrogens with zero attached hydrogens (tertiary/aromatic N) is 2. The molecule has 38 heavy (non-hydrogen) atoms. The van der Waals surface area contributed by atoms with Crippen LogP contribution in [0.3, 0.4) is 0 Å². The molecule has 4 heterocycles. The van der Waals surface area contributed by atoms with Crippen molar-refractivity contribution in [1.82, 2.24) is 15.1 Å². The van der Waals surface area contributed by atoms with E-state index in [1.165, 1.54) is 37.8 Å². The Morgan fingerprint density at radius 2 is 1.95 bits per heavy atom. The van der Waals surface area contributed by atoms with Gasteiger partial charge in [-0.05, 0) is 56.8 Å². The molecule has 2 aliphatic carbocycles. The quantitative estimate of drug-likeness (QED) is 0.461. The van der Waals surface area contributed by atoms with Gasteiger partial charge in [0.2, 0.25) is 11.8 Å². The SMILES string of the molecule is C=C(C)CC1C(OCC(=O)NCCN2CCOCC2)CCC2C1C1CC[NH2+]C3C4CCCCC4C(=O)N2C13. The number of nitrogens with one attached hydrogen (secondary N) is 1. The molecule has 6 rings (SSSR count). The minimum atomic E-state index is -0.0233. The molecule has 2 amide bonds. The molecule has 9 unspecified atom stereocenters. The Kier molecular flexibility index (Phi) is 8.13. The lowest BCUT2D eigenvalue weighted by atomic mass is 9.63. The van der Waals surface area contributed by atoms with Crippen molar-refractivity contribution >= 4 is 11.8 Å². The van der Waals surface area contributed by atoms with E-state index in [9.17, 15) is 9.59 Å². The standard InChI is InChI=1S/C30H48N4O4/c1-19(2)17-23-25(38-18-26(35)31-11-12-33-13-15-37-16-14-33)8-7-24-27(23)22-9-10-32-28-20-5-3-4-6-21(20)30(36)34(24)29(22)28/h20-25,27-29,32H,1,3-18H2,2H3,(H,31,35)/p+1. The van der Waals surface area contributed by atoms with E-state index in [0.29, 0.717) is 54.2 Å². The van der Waals surface area contributed by atoms with Gasteiger partial charge in [-0.3, -0.25) is 14.5 Å². The van der Waals surface area contributed by atoms with E-state index < -0.39 is 0 Å². The van der Waals surface area contributed by atoms with Crippen molar-refractivity contribution in [1.29, 1.82) is 0 Å². The molecule has 4 saturated heterocycles. The zero-order valence-corrected chi connectivity index (χ0v) is 23.3. The first-order valence-electron chi connectivity index (χ1n) is 15.5. The zero-order valence-electron chi connectivity index (χ0n) is 23.3. The van der Waals surface area contributed by atoms with Crippen LogP contribution in [-0.2, 0) is 19.1 Å². The van der Waals surface area contributed by atoms with E-state index in [1.807, 2.05) is 0 Å². The van der Waals surface area contributed by atoms with Crippen LogP contribution in [0.15, 0.2) is 12.2 Å². The Morgan fingerprint density at radius 1 is 1.13 bits per heavy atom. The van der Waals surface area contributed by atoms with Crippen molar-refractivity contribution in [3.05, 3.63) is 12.2 Å². The summed E-state index contributed by atoms with van der Waals surface area (Å²) in [6.45, 7) is 12.6. The van der Waals surface area contributed by atoms with Crippen LogP contribution in [0.25, 0.3) is 0 Å². The molecule has 3 N–H and O–H groups in total. The largest absolute Gasteiger partial charge is 0.379 e. The van der Waals surface area contributed by atoms with Crippen LogP contribution in [0, 0.1) is 29.6 Å². The molecule has 8 heteroatoms. The van der Waals surface area contributed by atoms with Crippen molar-refractivity contribution in [2.75, 3.05) is 52.5 Å². The molecule has 2 saturated carbocycles. The molecular formula is C30H49N4O4+. The molecule has 0 aromatic rings. The van der Waals surface area contributed by atoms with Crippen LogP contribution in [-0.4, -0.2) is 98.4 Å². The number of nitrogens with two attached hydrogens (primary N) is 1. The lowest BCUT2D eigenvalue weighted by molar-refractivity contribution is -0.713. The van der Waals surface area contributed by atoms with Crippen LogP contribution in [0.2, 0.25) is 0 Å². The summed E-state index contributed by atoms with van der Waals surface area (Å²) < 4.78 is 11.8. The molecule has 0 aromatic heterocycles. The minimum absolute atomic E-state index is 0.0233. The van der Waals surface area contributed by atoms with Gasteiger partial charge in [0.15, 0.2) is 0 Å². The lowest BCUT2D eigenvalue weighted by Crippen LogP contribution is -2.98. The Hall–Kier alpha value is -1.48. The molecule has 0 aromatic carbocycles. The number of amides is 2. The highest BCUT2D eigenvalue weighted by Gasteiger charge is 2.65. The number of piperidine rings is 2. The first kappa shape index (κ1) is 26.7. The highest BCUT2D eigenvalue weighted by Crippen LogP contribution is 2.55. The van der Waals surface area contributed by atoms with Gasteiger partial charge < -0.3 is 25.0 Å². The van der Waals surface area contributed by atoms with Crippen LogP contribution in [0.1, 0.15) is 58.3 Å². The summed E-state index contributed by atoms with van der Waals surface area (Å²) in [7, 11) is 0. The zero-order chi connectivity index (χ0) is 26.2. The predicted molar refractivity (Wildman–Crippen MR) is 144 cm³/mol. The molecule has 4 aliphatic heterocycles. The maximum atomic E-state index is 14.0. The fourth-order valence-corrected chi connectivity index (χ4v) is 9.46. The molecular weight excluding hydrogens is 480 g/mol. The highest BCUT2D eigenvalue weighted by atomic mass is 16.5. The van der Waals surface area contributed by atoms with Crippen molar-refractivity contribution in [2.45, 2.75) is 82.5 Å². The molecule has 212 valence electrons. The average Bonchev–Trinajstić information content (AvgIpc) is 3.27. The van der Waals surface area contributed by atoms with Gasteiger partial charge in [-0.1, -0.05) is 18.4 Å². The number of ether oxygens (including phenoxy) is 2. The summed E-state index contributed by atoms with van der Waals surface area (Å²) in [5.41, 5.74) is 1.18. The second kappa shape index (κ2) is 11.6. The number of hydrogen-bond donors (Lipinski definition) is 2. The van der Waals surface area contributed by atoms with Gasteiger partial charge in [0.1, 0.15) is 12.6 Å². The number of carbonyl (C=O) groups is 2. The van der Waals surface area contributed by atoms with Gasteiger partial charge in [-0.25, -0.2) is 0 Å². The second-order valence-electron chi connectivity index (χ2n) is 13.0. The summed E-state index contributed by atoms with van der Waals surface area (Å²) in [5, 5.41) is 5.66. The Bertz CT molecular complexity index is 891. The monoisotopic (exact) mass is 529 g/mol. The van der Waals surface area contributed by atoms with Gasteiger partial charge in [0.05, 0.1) is 31.9 Å². The van der Waals surface area contributed by atoms with Crippen LogP contribution in [0.4, 0.5) is 0 Å². The highest BCUT2D eigenvalue weighted by molar-refractivity contribution is 5.82. The number of fused-ring (bicyclic) bond motifs is 5. The third kappa shape index (κ3) is 5.06. The Labute approximate surface area is 228 Å². The third-order valence-electron chi connectivity index (χ3n) is 10.9. The number of quaternary nitrogens is 1. The summed E-state index contributed by atoms with van der Waals surface area (Å²) in [6, 6.07) is 1.30. The van der Waals surface area contributed by atoms with Gasteiger partial charge in [-0.15, -0.1) is 6.58 Å². The van der Waals surface area contributed by atoms with Gasteiger partial charge in [0.25, 0.3) is 0 Å². The fraction of sp³-hybridized carbons (Fsp3) is 0.867. The van der Waals surface area contributed by atoms with Crippen LogP contribution < -0.4 is 10.6 Å². The van der Waals surface area contributed by atoms with E-state index in [-0.39, 0.29) is 24.5 Å². The maximum Gasteiger partial charge on any atom is 0.246 e. The van der Waals surface area contributed by atoms with E-state index in [1.54, 1.807) is 0 Å². The van der Waals surface area contributed by atoms with Crippen LogP contribution in [0.5, 0.6) is 0 Å². The van der Waals surface area contributed by atoms with Crippen molar-refractivity contribution < 1.29 is 24.4 Å². The molecule has 0 radical (unpaired) electrons. The van der Waals surface area contributed by atoms with E-state index >= 15 is 0 Å². The summed E-state index contributed by atoms with van der Waals surface area (Å²) in [5.74, 6) is 2.60. The van der Waals surface area contributed by atoms with E-state index in [2.05, 4.69) is 33.9 Å². The van der Waals surface area contributed by atoms with Gasteiger partial charge >= 0.3 is 0 Å². The second-order valence-corrected chi connectivity index (χ2v) is 13.0. The first-order valence-corrected chi connectivity index (χ1v) is 15.5. The first-order chi connectivity index (χ1) is 18.5. The van der Waals surface area contributed by atoms with Crippen LogP contribution >= 0.6 is 0 Å². The van der Waals surface area contributed by atoms with Gasteiger partial charge in [0, 0.05) is 50.5 Å². The maximum absolute atomic E-state index is 14.0. The predicted octanol–water partition coefficient (Wildman–Crippen LogP) is 1.16. The molecule has 6 fully saturated rings. The van der Waals surface area contributed by atoms with Crippen molar-refractivity contribution in [2.24, 2.45) is 29.6 Å². The summed E-state index contributed by atoms with van der Waals surface area (Å²) in [6.07, 6.45) is 8.90. The summed E-state index contributed by atoms with van der Waals surface area (Å²) >= 11 is 0. The molecule has 6 aliphatic rings. The van der Waals surface area contributed by atoms with Crippen molar-refractivity contribution in [3.63, 3.8) is 0 Å². The lowest BCUT2D eigenvalue weighted by Gasteiger charge is -2.50. The number of carbonyl (C=O) groups excluding carboxylic acids is 2. The topological polar surface area (TPSA) is 87.7 Å². The Morgan fingerprint density at radius 3 is 2.76 bits per heavy atom.